The molecule has 2 aromatic carbocycles. The zero-order valence-electron chi connectivity index (χ0n) is 26.9. The first-order valence-corrected chi connectivity index (χ1v) is 15.5. The zero-order valence-corrected chi connectivity index (χ0v) is 26.9. The number of allylic oxidation sites excluding steroid dienone is 1. The molecule has 6 bridgehead atoms. The number of hydrogen-bond acceptors (Lipinski definition) is 10. The first-order chi connectivity index (χ1) is 23.1. The molecule has 0 saturated carbocycles. The summed E-state index contributed by atoms with van der Waals surface area (Å²) in [4.78, 5) is 91.8. The predicted octanol–water partition coefficient (Wildman–Crippen LogP) is -1.29. The number of nitrogens with two attached hydrogens (primary N) is 1. The highest BCUT2D eigenvalue weighted by Crippen LogP contribution is 2.46. The van der Waals surface area contributed by atoms with Gasteiger partial charge in [-0.1, -0.05) is 44.2 Å². The van der Waals surface area contributed by atoms with Gasteiger partial charge in [-0.25, -0.2) is 0 Å². The predicted molar refractivity (Wildman–Crippen MR) is 173 cm³/mol. The minimum absolute atomic E-state index is 0.0270. The van der Waals surface area contributed by atoms with Crippen LogP contribution in [0.5, 0.6) is 5.75 Å². The molecule has 2 heterocycles. The number of benzene rings is 2. The standard InChI is InChI=1S/C33H38N6O10/c1-4-11-35-30(46)25-27(43)33(49)19-8-6-7-17(24(19)39-32(33)48)18-12-16(9-10-22(18)40)13-20(37-31(47)26(42)15(3)5-2)28(44)36-21(14-23(34)41)29(45)38-25/h4,6-12,15,20-21,25,27,40,43,49H,5,13-14H2,1-3H3,(H2,34,41)(H,35,46)(H,36,44)(H,37,47)(H,38,45)(H,39,48)/b11-4+/t15-,20-,21-,25-,27-,33+/m0/s1. The number of aromatic hydroxyl groups is 1. The molecule has 0 saturated heterocycles. The van der Waals surface area contributed by atoms with Crippen LogP contribution in [0.3, 0.4) is 0 Å². The molecular weight excluding hydrogens is 640 g/mol. The summed E-state index contributed by atoms with van der Waals surface area (Å²) in [5.74, 6) is -8.38. The van der Waals surface area contributed by atoms with Gasteiger partial charge in [0.15, 0.2) is 5.60 Å². The second-order valence-corrected chi connectivity index (χ2v) is 11.9. The van der Waals surface area contributed by atoms with Crippen molar-refractivity contribution in [3.05, 3.63) is 59.8 Å². The van der Waals surface area contributed by atoms with Crippen LogP contribution in [0, 0.1) is 5.92 Å². The van der Waals surface area contributed by atoms with E-state index in [2.05, 4.69) is 26.6 Å². The lowest BCUT2D eigenvalue weighted by atomic mass is 9.83. The number of Topliss-reactive ketones (excluding diaryl/α,β-unsaturated/α-hetero) is 1. The molecule has 16 heteroatoms. The number of carbonyl (C=O) groups excluding carboxylic acids is 7. The number of fused-ring (bicyclic) bond motifs is 3. The second-order valence-electron chi connectivity index (χ2n) is 11.9. The number of anilines is 1. The van der Waals surface area contributed by atoms with Crippen molar-refractivity contribution in [3.63, 3.8) is 0 Å². The monoisotopic (exact) mass is 678 g/mol. The highest BCUT2D eigenvalue weighted by molar-refractivity contribution is 6.37. The molecule has 49 heavy (non-hydrogen) atoms. The fourth-order valence-corrected chi connectivity index (χ4v) is 5.58. The molecule has 16 nitrogen and oxygen atoms in total. The number of phenols is 1. The SMILES string of the molecule is C/C=C/NC(=O)[C@H]1NC(=O)[C@H](CC(N)=O)NC(=O)[C@@H](NC(=O)C(=O)[C@@H](C)CC)Cc2ccc(O)c(c2)-c2cccc3c2NC(=O)[C@]3(O)[C@H]1O. The minimum atomic E-state index is -2.83. The van der Waals surface area contributed by atoms with Crippen LogP contribution in [-0.4, -0.2) is 80.8 Å². The van der Waals surface area contributed by atoms with Gasteiger partial charge >= 0.3 is 0 Å². The molecule has 0 unspecified atom stereocenters. The summed E-state index contributed by atoms with van der Waals surface area (Å²) in [6, 6.07) is 3.02. The van der Waals surface area contributed by atoms with Crippen LogP contribution < -0.4 is 32.3 Å². The molecular formula is C33H38N6O10. The van der Waals surface area contributed by atoms with Gasteiger partial charge in [0.1, 0.15) is 30.0 Å². The van der Waals surface area contributed by atoms with Crippen molar-refractivity contribution in [1.82, 2.24) is 21.3 Å². The van der Waals surface area contributed by atoms with Gasteiger partial charge in [-0.3, -0.25) is 33.6 Å². The van der Waals surface area contributed by atoms with Crippen LogP contribution in [0.2, 0.25) is 0 Å². The number of para-hydroxylation sites is 1. The van der Waals surface area contributed by atoms with Gasteiger partial charge in [-0.15, -0.1) is 0 Å². The Balaban J connectivity index is 1.93. The molecule has 0 spiro atoms. The summed E-state index contributed by atoms with van der Waals surface area (Å²) in [5.41, 5.74) is 2.95. The van der Waals surface area contributed by atoms with E-state index in [9.17, 15) is 48.9 Å². The normalized spacial score (nSPS) is 24.3. The first-order valence-electron chi connectivity index (χ1n) is 15.5. The number of phenolic OH excluding ortho intramolecular Hbond substituents is 1. The van der Waals surface area contributed by atoms with Crippen LogP contribution in [-0.2, 0) is 45.6 Å². The van der Waals surface area contributed by atoms with Crippen molar-refractivity contribution in [2.45, 2.75) is 69.9 Å². The van der Waals surface area contributed by atoms with E-state index in [1.54, 1.807) is 13.8 Å². The van der Waals surface area contributed by atoms with Crippen molar-refractivity contribution in [2.75, 3.05) is 5.32 Å². The fraction of sp³-hybridized carbons (Fsp3) is 0.364. The average Bonchev–Trinajstić information content (AvgIpc) is 3.34. The van der Waals surface area contributed by atoms with E-state index in [0.29, 0.717) is 12.0 Å². The fourth-order valence-electron chi connectivity index (χ4n) is 5.58. The van der Waals surface area contributed by atoms with E-state index in [0.717, 1.165) is 6.20 Å². The number of aliphatic hydroxyl groups is 2. The molecule has 6 amide bonds. The van der Waals surface area contributed by atoms with Gasteiger partial charge in [-0.2, -0.15) is 0 Å². The summed E-state index contributed by atoms with van der Waals surface area (Å²) in [6.07, 6.45) is -0.553. The van der Waals surface area contributed by atoms with E-state index in [1.165, 1.54) is 49.4 Å². The topological polar surface area (TPSA) is 266 Å². The third-order valence-electron chi connectivity index (χ3n) is 8.51. The van der Waals surface area contributed by atoms with Crippen molar-refractivity contribution < 1.29 is 48.9 Å². The maximum atomic E-state index is 13.7. The molecule has 6 atom stereocenters. The van der Waals surface area contributed by atoms with E-state index >= 15 is 0 Å². The molecule has 260 valence electrons. The molecule has 2 aromatic rings. The summed E-state index contributed by atoms with van der Waals surface area (Å²) in [6.45, 7) is 4.79. The minimum Gasteiger partial charge on any atom is -0.507 e. The Morgan fingerprint density at radius 3 is 2.45 bits per heavy atom. The Labute approximate surface area is 280 Å². The highest BCUT2D eigenvalue weighted by atomic mass is 16.4. The second kappa shape index (κ2) is 14.7. The quantitative estimate of drug-likeness (QED) is 0.149. The Morgan fingerprint density at radius 1 is 1.08 bits per heavy atom. The third kappa shape index (κ3) is 7.29. The number of carbonyl (C=O) groups is 7. The van der Waals surface area contributed by atoms with Gasteiger partial charge in [0.05, 0.1) is 12.1 Å². The molecule has 2 aliphatic heterocycles. The lowest BCUT2D eigenvalue weighted by Gasteiger charge is -2.33. The Bertz CT molecular complexity index is 1740. The number of primary amides is 1. The lowest BCUT2D eigenvalue weighted by molar-refractivity contribution is -0.155. The first kappa shape index (κ1) is 36.2. The van der Waals surface area contributed by atoms with E-state index in [4.69, 9.17) is 5.73 Å². The molecule has 2 aliphatic rings. The number of hydrogen-bond donors (Lipinski definition) is 9. The number of aliphatic hydroxyl groups excluding tert-OH is 1. The summed E-state index contributed by atoms with van der Waals surface area (Å²) >= 11 is 0. The van der Waals surface area contributed by atoms with Gasteiger partial charge < -0.3 is 47.6 Å². The highest BCUT2D eigenvalue weighted by Gasteiger charge is 2.56. The van der Waals surface area contributed by atoms with Crippen molar-refractivity contribution >= 4 is 46.9 Å². The number of ketones is 1. The van der Waals surface area contributed by atoms with Crippen molar-refractivity contribution in [2.24, 2.45) is 11.7 Å². The van der Waals surface area contributed by atoms with E-state index in [-0.39, 0.29) is 34.5 Å². The molecule has 10 N–H and O–H groups in total. The number of rotatable bonds is 8. The summed E-state index contributed by atoms with van der Waals surface area (Å²) in [7, 11) is 0. The van der Waals surface area contributed by atoms with Crippen molar-refractivity contribution in [1.29, 1.82) is 0 Å². The molecule has 0 aromatic heterocycles. The van der Waals surface area contributed by atoms with Gasteiger partial charge in [-0.05, 0) is 37.2 Å². The number of amides is 6. The lowest BCUT2D eigenvalue weighted by Crippen LogP contribution is -2.64. The molecule has 4 rings (SSSR count). The maximum absolute atomic E-state index is 13.7. The summed E-state index contributed by atoms with van der Waals surface area (Å²) < 4.78 is 0. The van der Waals surface area contributed by atoms with E-state index < -0.39 is 83.4 Å². The zero-order chi connectivity index (χ0) is 36.2. The van der Waals surface area contributed by atoms with Gasteiger partial charge in [0.2, 0.25) is 29.4 Å². The van der Waals surface area contributed by atoms with Crippen LogP contribution in [0.4, 0.5) is 5.69 Å². The van der Waals surface area contributed by atoms with Crippen LogP contribution in [0.1, 0.15) is 44.7 Å². The van der Waals surface area contributed by atoms with Crippen LogP contribution in [0.15, 0.2) is 48.7 Å². The Kier molecular flexibility index (Phi) is 10.8. The summed E-state index contributed by atoms with van der Waals surface area (Å²) in [5, 5.41) is 46.0. The Morgan fingerprint density at radius 2 is 1.80 bits per heavy atom. The van der Waals surface area contributed by atoms with Crippen molar-refractivity contribution in [3.8, 4) is 16.9 Å². The van der Waals surface area contributed by atoms with Crippen LogP contribution in [0.25, 0.3) is 11.1 Å². The number of nitrogens with one attached hydrogen (secondary N) is 5. The molecule has 0 aliphatic carbocycles. The van der Waals surface area contributed by atoms with Gasteiger partial charge in [0.25, 0.3) is 11.8 Å². The maximum Gasteiger partial charge on any atom is 0.288 e. The Hall–Kier alpha value is -5.61. The smallest absolute Gasteiger partial charge is 0.288 e. The average molecular weight is 679 g/mol. The molecule has 0 radical (unpaired) electrons. The van der Waals surface area contributed by atoms with Gasteiger partial charge in [0, 0.05) is 29.0 Å². The van der Waals surface area contributed by atoms with Crippen LogP contribution >= 0.6 is 0 Å². The van der Waals surface area contributed by atoms with E-state index in [1.807, 2.05) is 0 Å². The largest absolute Gasteiger partial charge is 0.507 e. The third-order valence-corrected chi connectivity index (χ3v) is 8.51. The molecule has 0 fully saturated rings.